The molecule has 0 saturated carbocycles. The van der Waals surface area contributed by atoms with E-state index >= 15 is 0 Å². The number of amides is 1. The van der Waals surface area contributed by atoms with Crippen LogP contribution in [0.2, 0.25) is 0 Å². The fourth-order valence-electron chi connectivity index (χ4n) is 2.70. The smallest absolute Gasteiger partial charge is 0.303 e. The van der Waals surface area contributed by atoms with Crippen LogP contribution in [0.5, 0.6) is 0 Å². The van der Waals surface area contributed by atoms with Gasteiger partial charge in [0.15, 0.2) is 0 Å². The molecule has 1 amide bonds. The molecule has 128 valence electrons. The number of nitrogens with zero attached hydrogens (tertiary/aromatic N) is 1. The van der Waals surface area contributed by atoms with Gasteiger partial charge in [0.25, 0.3) is 0 Å². The molecule has 0 spiro atoms. The molecule has 1 aromatic rings. The van der Waals surface area contributed by atoms with E-state index in [0.29, 0.717) is 0 Å². The van der Waals surface area contributed by atoms with Crippen LogP contribution < -0.4 is 0 Å². The maximum absolute atomic E-state index is 14.8. The highest BCUT2D eigenvalue weighted by molar-refractivity contribution is 5.73. The summed E-state index contributed by atoms with van der Waals surface area (Å²) in [6, 6.07) is 4.03. The lowest BCUT2D eigenvalue weighted by atomic mass is 9.84. The molecule has 1 heterocycles. The Morgan fingerprint density at radius 2 is 1.87 bits per heavy atom. The first-order valence-electron chi connectivity index (χ1n) is 7.59. The lowest BCUT2D eigenvalue weighted by molar-refractivity contribution is -0.178. The van der Waals surface area contributed by atoms with Crippen molar-refractivity contribution in [3.63, 3.8) is 0 Å². The number of carbonyl (C=O) groups excluding carboxylic acids is 1. The molecule has 0 N–H and O–H groups in total. The molecule has 0 radical (unpaired) electrons. The standard InChI is InChI=1S/C17H22F3NO2/c1-11(22)21-8-9-23-14(10-21)17(19,20)13-7-5-6-12(15(13)18)16(2,3)4/h5-7,14H,8-10H2,1-4H3. The summed E-state index contributed by atoms with van der Waals surface area (Å²) < 4.78 is 49.4. The highest BCUT2D eigenvalue weighted by Gasteiger charge is 2.47. The van der Waals surface area contributed by atoms with E-state index in [2.05, 4.69) is 0 Å². The summed E-state index contributed by atoms with van der Waals surface area (Å²) >= 11 is 0. The number of morpholine rings is 1. The fourth-order valence-corrected chi connectivity index (χ4v) is 2.70. The number of ether oxygens (including phenoxy) is 1. The van der Waals surface area contributed by atoms with Crippen LogP contribution in [0.4, 0.5) is 13.2 Å². The molecule has 1 atom stereocenters. The number of rotatable bonds is 2. The van der Waals surface area contributed by atoms with Crippen molar-refractivity contribution >= 4 is 5.91 Å². The zero-order valence-electron chi connectivity index (χ0n) is 13.8. The molecule has 6 heteroatoms. The van der Waals surface area contributed by atoms with Crippen LogP contribution in [0, 0.1) is 5.82 Å². The molecule has 23 heavy (non-hydrogen) atoms. The molecule has 1 aliphatic rings. The summed E-state index contributed by atoms with van der Waals surface area (Å²) in [4.78, 5) is 12.7. The van der Waals surface area contributed by atoms with E-state index in [-0.39, 0.29) is 31.2 Å². The topological polar surface area (TPSA) is 29.5 Å². The summed E-state index contributed by atoms with van der Waals surface area (Å²) in [5.41, 5.74) is -1.04. The molecule has 1 saturated heterocycles. The lowest BCUT2D eigenvalue weighted by Gasteiger charge is -2.37. The second kappa shape index (κ2) is 6.15. The highest BCUT2D eigenvalue weighted by atomic mass is 19.3. The van der Waals surface area contributed by atoms with E-state index in [1.54, 1.807) is 20.8 Å². The van der Waals surface area contributed by atoms with Crippen LogP contribution in [0.1, 0.15) is 38.8 Å². The normalized spacial score (nSPS) is 19.8. The van der Waals surface area contributed by atoms with E-state index in [0.717, 1.165) is 6.07 Å². The molecular formula is C17H22F3NO2. The zero-order valence-corrected chi connectivity index (χ0v) is 13.8. The van der Waals surface area contributed by atoms with Crippen LogP contribution in [0.25, 0.3) is 0 Å². The zero-order chi connectivity index (χ0) is 17.4. The van der Waals surface area contributed by atoms with Crippen molar-refractivity contribution in [2.75, 3.05) is 19.7 Å². The predicted molar refractivity (Wildman–Crippen MR) is 81.0 cm³/mol. The summed E-state index contributed by atoms with van der Waals surface area (Å²) in [6.07, 6.45) is -1.55. The number of halogens is 3. The Morgan fingerprint density at radius 3 is 2.43 bits per heavy atom. The van der Waals surface area contributed by atoms with Gasteiger partial charge in [-0.1, -0.05) is 32.9 Å². The van der Waals surface area contributed by atoms with E-state index in [1.165, 1.54) is 24.0 Å². The highest BCUT2D eigenvalue weighted by Crippen LogP contribution is 2.39. The van der Waals surface area contributed by atoms with E-state index < -0.39 is 28.8 Å². The van der Waals surface area contributed by atoms with Crippen molar-refractivity contribution in [1.82, 2.24) is 4.90 Å². The van der Waals surface area contributed by atoms with Gasteiger partial charge in [-0.15, -0.1) is 0 Å². The number of hydrogen-bond donors (Lipinski definition) is 0. The van der Waals surface area contributed by atoms with Gasteiger partial charge in [-0.2, -0.15) is 8.78 Å². The molecule has 1 unspecified atom stereocenters. The van der Waals surface area contributed by atoms with E-state index in [4.69, 9.17) is 4.74 Å². The average molecular weight is 329 g/mol. The quantitative estimate of drug-likeness (QED) is 0.831. The molecule has 1 aliphatic heterocycles. The molecule has 3 nitrogen and oxygen atoms in total. The Labute approximate surface area is 134 Å². The molecule has 2 rings (SSSR count). The van der Waals surface area contributed by atoms with Gasteiger partial charge < -0.3 is 9.64 Å². The van der Waals surface area contributed by atoms with Crippen molar-refractivity contribution in [3.05, 3.63) is 35.1 Å². The van der Waals surface area contributed by atoms with E-state index in [1.807, 2.05) is 0 Å². The van der Waals surface area contributed by atoms with Gasteiger partial charge in [0.05, 0.1) is 18.7 Å². The summed E-state index contributed by atoms with van der Waals surface area (Å²) in [7, 11) is 0. The lowest BCUT2D eigenvalue weighted by Crippen LogP contribution is -2.51. The minimum Gasteiger partial charge on any atom is -0.368 e. The largest absolute Gasteiger partial charge is 0.368 e. The van der Waals surface area contributed by atoms with Gasteiger partial charge in [-0.25, -0.2) is 4.39 Å². The Bertz CT molecular complexity index is 596. The summed E-state index contributed by atoms with van der Waals surface area (Å²) in [6.45, 7) is 6.65. The van der Waals surface area contributed by atoms with Gasteiger partial charge in [0.1, 0.15) is 11.9 Å². The first-order valence-corrected chi connectivity index (χ1v) is 7.59. The first kappa shape index (κ1) is 17.8. The third-order valence-electron chi connectivity index (χ3n) is 4.08. The molecule has 1 fully saturated rings. The second-order valence-electron chi connectivity index (χ2n) is 6.86. The third-order valence-corrected chi connectivity index (χ3v) is 4.08. The molecular weight excluding hydrogens is 307 g/mol. The molecule has 0 aromatic heterocycles. The van der Waals surface area contributed by atoms with Gasteiger partial charge >= 0.3 is 5.92 Å². The van der Waals surface area contributed by atoms with Crippen LogP contribution >= 0.6 is 0 Å². The first-order chi connectivity index (χ1) is 10.5. The van der Waals surface area contributed by atoms with Crippen molar-refractivity contribution < 1.29 is 22.7 Å². The monoisotopic (exact) mass is 329 g/mol. The van der Waals surface area contributed by atoms with Gasteiger partial charge in [-0.05, 0) is 17.0 Å². The van der Waals surface area contributed by atoms with Crippen molar-refractivity contribution in [2.45, 2.75) is 45.1 Å². The van der Waals surface area contributed by atoms with Crippen molar-refractivity contribution in [3.8, 4) is 0 Å². The van der Waals surface area contributed by atoms with Gasteiger partial charge in [0.2, 0.25) is 5.91 Å². The number of alkyl halides is 2. The van der Waals surface area contributed by atoms with Gasteiger partial charge in [0, 0.05) is 13.5 Å². The van der Waals surface area contributed by atoms with Crippen molar-refractivity contribution in [1.29, 1.82) is 0 Å². The molecule has 0 bridgehead atoms. The third kappa shape index (κ3) is 3.52. The maximum atomic E-state index is 14.8. The predicted octanol–water partition coefficient (Wildman–Crippen LogP) is 3.46. The van der Waals surface area contributed by atoms with Crippen LogP contribution in [-0.2, 0) is 20.9 Å². The second-order valence-corrected chi connectivity index (χ2v) is 6.86. The minimum atomic E-state index is -3.51. The van der Waals surface area contributed by atoms with Gasteiger partial charge in [-0.3, -0.25) is 4.79 Å². The Morgan fingerprint density at radius 1 is 1.26 bits per heavy atom. The number of benzene rings is 1. The van der Waals surface area contributed by atoms with Crippen LogP contribution in [0.3, 0.4) is 0 Å². The maximum Gasteiger partial charge on any atom is 0.303 e. The summed E-state index contributed by atoms with van der Waals surface area (Å²) in [5.74, 6) is -4.72. The molecule has 1 aromatic carbocycles. The Balaban J connectivity index is 2.38. The fraction of sp³-hybridized carbons (Fsp3) is 0.588. The number of hydrogen-bond acceptors (Lipinski definition) is 2. The Hall–Kier alpha value is -1.56. The Kier molecular flexibility index (Phi) is 4.76. The summed E-state index contributed by atoms with van der Waals surface area (Å²) in [5, 5.41) is 0. The number of carbonyl (C=O) groups is 1. The van der Waals surface area contributed by atoms with Crippen LogP contribution in [0.15, 0.2) is 18.2 Å². The average Bonchev–Trinajstić information content (AvgIpc) is 2.46. The SMILES string of the molecule is CC(=O)N1CCOC(C(F)(F)c2cccc(C(C)(C)C)c2F)C1. The minimum absolute atomic E-state index is 0.0143. The van der Waals surface area contributed by atoms with Crippen molar-refractivity contribution in [2.24, 2.45) is 0 Å². The van der Waals surface area contributed by atoms with Crippen LogP contribution in [-0.4, -0.2) is 36.6 Å². The molecule has 0 aliphatic carbocycles. The van der Waals surface area contributed by atoms with E-state index in [9.17, 15) is 18.0 Å².